The molecular weight excluding hydrogens is 460 g/mol. The topological polar surface area (TPSA) is 17.8 Å². The summed E-state index contributed by atoms with van der Waals surface area (Å²) in [5, 5.41) is 0.811. The van der Waals surface area contributed by atoms with Crippen LogP contribution in [0.4, 0.5) is 0 Å². The minimum atomic E-state index is 0.811. The number of aryl methyl sites for hydroxylation is 2. The van der Waals surface area contributed by atoms with Gasteiger partial charge < -0.3 is 4.57 Å². The van der Waals surface area contributed by atoms with Crippen LogP contribution >= 0.6 is 11.6 Å². The minimum Gasteiger partial charge on any atom is -0.340 e. The Kier molecular flexibility index (Phi) is 19.1. The van der Waals surface area contributed by atoms with Gasteiger partial charge in [-0.25, -0.2) is 4.98 Å². The van der Waals surface area contributed by atoms with Gasteiger partial charge in [0.1, 0.15) is 0 Å². The molecule has 4 rings (SSSR count). The van der Waals surface area contributed by atoms with Gasteiger partial charge in [-0.1, -0.05) is 120 Å². The van der Waals surface area contributed by atoms with Crippen molar-refractivity contribution < 1.29 is 0 Å². The van der Waals surface area contributed by atoms with Gasteiger partial charge in [-0.3, -0.25) is 0 Å². The van der Waals surface area contributed by atoms with Gasteiger partial charge in [0.25, 0.3) is 0 Å². The van der Waals surface area contributed by atoms with Crippen LogP contribution in [0.1, 0.15) is 71.6 Å². The molecule has 0 amide bonds. The van der Waals surface area contributed by atoms with Crippen LogP contribution in [0.25, 0.3) is 11.1 Å². The van der Waals surface area contributed by atoms with Crippen LogP contribution in [-0.2, 0) is 19.9 Å². The molecule has 0 N–H and O–H groups in total. The fourth-order valence-corrected chi connectivity index (χ4v) is 4.05. The van der Waals surface area contributed by atoms with Crippen LogP contribution in [0.15, 0.2) is 86.9 Å². The molecule has 1 aliphatic rings. The first-order valence-corrected chi connectivity index (χ1v) is 13.7. The van der Waals surface area contributed by atoms with Gasteiger partial charge in [-0.2, -0.15) is 0 Å². The summed E-state index contributed by atoms with van der Waals surface area (Å²) in [7, 11) is 1.96. The van der Waals surface area contributed by atoms with Crippen LogP contribution in [0, 0.1) is 11.8 Å². The van der Waals surface area contributed by atoms with Crippen molar-refractivity contribution in [2.24, 2.45) is 18.9 Å². The number of rotatable bonds is 4. The number of halogens is 1. The lowest BCUT2D eigenvalue weighted by Gasteiger charge is -2.22. The van der Waals surface area contributed by atoms with Gasteiger partial charge in [0, 0.05) is 30.3 Å². The third kappa shape index (κ3) is 13.5. The lowest BCUT2D eigenvalue weighted by Crippen LogP contribution is -2.08. The highest BCUT2D eigenvalue weighted by Crippen LogP contribution is 2.28. The summed E-state index contributed by atoms with van der Waals surface area (Å²) in [5.74, 6) is 2.04. The summed E-state index contributed by atoms with van der Waals surface area (Å²) in [4.78, 5) is 4.10. The van der Waals surface area contributed by atoms with E-state index in [2.05, 4.69) is 75.8 Å². The molecule has 0 aliphatic heterocycles. The molecule has 36 heavy (non-hydrogen) atoms. The fourth-order valence-electron chi connectivity index (χ4n) is 3.80. The maximum atomic E-state index is 6.15. The molecule has 198 valence electrons. The van der Waals surface area contributed by atoms with E-state index in [-0.39, 0.29) is 0 Å². The maximum absolute atomic E-state index is 6.15. The van der Waals surface area contributed by atoms with Gasteiger partial charge >= 0.3 is 0 Å². The Morgan fingerprint density at radius 3 is 2.03 bits per heavy atom. The third-order valence-corrected chi connectivity index (χ3v) is 6.27. The Labute approximate surface area is 227 Å². The molecule has 1 saturated carbocycles. The Hall–Kier alpha value is -2.58. The van der Waals surface area contributed by atoms with Crippen molar-refractivity contribution in [3.63, 3.8) is 0 Å². The number of hydrogen-bond acceptors (Lipinski definition) is 1. The zero-order chi connectivity index (χ0) is 27.3. The monoisotopic (exact) mass is 508 g/mol. The summed E-state index contributed by atoms with van der Waals surface area (Å²) in [6.07, 6.45) is 13.4. The summed E-state index contributed by atoms with van der Waals surface area (Å²) in [6, 6.07) is 16.5. The largest absolute Gasteiger partial charge is 0.340 e. The molecule has 2 nitrogen and oxygen atoms in total. The van der Waals surface area contributed by atoms with Crippen LogP contribution in [0.2, 0.25) is 5.02 Å². The molecular formula is C33H49ClN2. The maximum Gasteiger partial charge on any atom is 0.0946 e. The van der Waals surface area contributed by atoms with Gasteiger partial charge in [0.15, 0.2) is 0 Å². The summed E-state index contributed by atoms with van der Waals surface area (Å²) in [6.45, 7) is 20.5. The second kappa shape index (κ2) is 20.6. The average molecular weight is 509 g/mol. The molecule has 3 heteroatoms. The van der Waals surface area contributed by atoms with Crippen LogP contribution < -0.4 is 0 Å². The number of aromatic nitrogens is 2. The smallest absolute Gasteiger partial charge is 0.0946 e. The zero-order valence-electron chi connectivity index (χ0n) is 23.6. The van der Waals surface area contributed by atoms with Crippen LogP contribution in [0.5, 0.6) is 0 Å². The Morgan fingerprint density at radius 2 is 1.56 bits per heavy atom. The first kappa shape index (κ1) is 33.4. The van der Waals surface area contributed by atoms with Crippen molar-refractivity contribution in [3.8, 4) is 11.1 Å². The second-order valence-corrected chi connectivity index (χ2v) is 9.33. The average Bonchev–Trinajstić information content (AvgIpc) is 3.34. The Morgan fingerprint density at radius 1 is 0.972 bits per heavy atom. The SMILES string of the molecule is C=C.C=CCc1cn(C)cn1.CC.CC1CCC(C)CC1.CCc1cccc(-c2ccccc2Cl)c1. The highest BCUT2D eigenvalue weighted by Gasteiger charge is 2.13. The van der Waals surface area contributed by atoms with E-state index in [1.165, 1.54) is 36.8 Å². The second-order valence-electron chi connectivity index (χ2n) is 8.92. The quantitative estimate of drug-likeness (QED) is 0.320. The summed E-state index contributed by atoms with van der Waals surface area (Å²) in [5.41, 5.74) is 4.72. The van der Waals surface area contributed by atoms with Gasteiger partial charge in [0.05, 0.1) is 12.0 Å². The predicted octanol–water partition coefficient (Wildman–Crippen LogP) is 10.4. The number of hydrogen-bond donors (Lipinski definition) is 0. The van der Waals surface area contributed by atoms with Crippen molar-refractivity contribution in [1.29, 1.82) is 0 Å². The molecule has 1 aromatic heterocycles. The highest BCUT2D eigenvalue weighted by atomic mass is 35.5. The normalized spacial score (nSPS) is 15.8. The van der Waals surface area contributed by atoms with Crippen LogP contribution in [-0.4, -0.2) is 9.55 Å². The third-order valence-electron chi connectivity index (χ3n) is 5.94. The van der Waals surface area contributed by atoms with E-state index in [9.17, 15) is 0 Å². The molecule has 0 bridgehead atoms. The molecule has 0 unspecified atom stereocenters. The highest BCUT2D eigenvalue weighted by molar-refractivity contribution is 6.33. The lowest BCUT2D eigenvalue weighted by molar-refractivity contribution is 0.308. The van der Waals surface area contributed by atoms with E-state index in [0.717, 1.165) is 41.0 Å². The standard InChI is InChI=1S/C14H13Cl.C8H16.C7H10N2.C2H6.C2H4/c1-2-11-6-5-7-12(10-11)13-8-3-4-9-14(13)15;1-7-3-5-8(2)6-4-7;1-3-4-7-5-9(2)6-8-7;2*1-2/h3-10H,2H2,1H3;7-8H,3-6H2,1-2H3;3,5-6H,1,4H2,2H3;1-2H3;1-2H2. The predicted molar refractivity (Wildman–Crippen MR) is 163 cm³/mol. The molecule has 0 saturated heterocycles. The van der Waals surface area contributed by atoms with E-state index in [1.807, 2.05) is 55.9 Å². The van der Waals surface area contributed by atoms with Crippen LogP contribution in [0.3, 0.4) is 0 Å². The first-order valence-electron chi connectivity index (χ1n) is 13.3. The van der Waals surface area contributed by atoms with E-state index in [0.29, 0.717) is 0 Å². The zero-order valence-corrected chi connectivity index (χ0v) is 24.4. The van der Waals surface area contributed by atoms with E-state index in [1.54, 1.807) is 6.33 Å². The number of imidazole rings is 1. The number of benzene rings is 2. The van der Waals surface area contributed by atoms with Crippen molar-refractivity contribution >= 4 is 11.6 Å². The molecule has 0 spiro atoms. The van der Waals surface area contributed by atoms with Gasteiger partial charge in [-0.05, 0) is 35.4 Å². The molecule has 3 aromatic rings. The molecule has 1 aliphatic carbocycles. The van der Waals surface area contributed by atoms with Crippen molar-refractivity contribution in [2.75, 3.05) is 0 Å². The van der Waals surface area contributed by atoms with Gasteiger partial charge in [-0.15, -0.1) is 19.7 Å². The van der Waals surface area contributed by atoms with Crippen molar-refractivity contribution in [1.82, 2.24) is 9.55 Å². The number of nitrogens with zero attached hydrogens (tertiary/aromatic N) is 2. The Balaban J connectivity index is 0.000000504. The Bertz CT molecular complexity index is 942. The van der Waals surface area contributed by atoms with Crippen molar-refractivity contribution in [2.45, 2.75) is 73.1 Å². The fraction of sp³-hybridized carbons (Fsp3) is 0.424. The van der Waals surface area contributed by atoms with E-state index >= 15 is 0 Å². The lowest BCUT2D eigenvalue weighted by atomic mass is 9.84. The van der Waals surface area contributed by atoms with E-state index in [4.69, 9.17) is 11.6 Å². The molecule has 1 heterocycles. The molecule has 0 radical (unpaired) electrons. The minimum absolute atomic E-state index is 0.811. The molecule has 2 aromatic carbocycles. The first-order chi connectivity index (χ1) is 17.4. The molecule has 0 atom stereocenters. The number of allylic oxidation sites excluding steroid dienone is 1. The van der Waals surface area contributed by atoms with Crippen molar-refractivity contribution in [3.05, 3.63) is 103 Å². The summed E-state index contributed by atoms with van der Waals surface area (Å²) >= 11 is 6.15. The van der Waals surface area contributed by atoms with Gasteiger partial charge in [0.2, 0.25) is 0 Å². The van der Waals surface area contributed by atoms with E-state index < -0.39 is 0 Å². The molecule has 1 fully saturated rings. The summed E-state index contributed by atoms with van der Waals surface area (Å²) < 4.78 is 1.93.